The lowest BCUT2D eigenvalue weighted by molar-refractivity contribution is -0.384. The van der Waals surface area contributed by atoms with Crippen LogP contribution in [0.4, 0.5) is 20.2 Å². The molecule has 0 amide bonds. The van der Waals surface area contributed by atoms with Gasteiger partial charge in [0.1, 0.15) is 0 Å². The molecule has 1 aromatic carbocycles. The number of rotatable bonds is 5. The van der Waals surface area contributed by atoms with E-state index in [9.17, 15) is 18.9 Å². The third kappa shape index (κ3) is 2.68. The predicted molar refractivity (Wildman–Crippen MR) is 58.0 cm³/mol. The van der Waals surface area contributed by atoms with Crippen LogP contribution in [0.5, 0.6) is 0 Å². The van der Waals surface area contributed by atoms with Gasteiger partial charge in [0.05, 0.1) is 11.5 Å². The second-order valence-electron chi connectivity index (χ2n) is 3.29. The van der Waals surface area contributed by atoms with E-state index >= 15 is 0 Å². The Morgan fingerprint density at radius 2 is 2.12 bits per heavy atom. The third-order valence-corrected chi connectivity index (χ3v) is 2.31. The average molecular weight is 246 g/mol. The first-order chi connectivity index (χ1) is 8.02. The van der Waals surface area contributed by atoms with Crippen LogP contribution in [0.3, 0.4) is 0 Å². The number of likely N-dealkylation sites (N-methyl/N-ethyl adjacent to an activating group) is 1. The van der Waals surface area contributed by atoms with Crippen LogP contribution in [0.15, 0.2) is 12.1 Å². The summed E-state index contributed by atoms with van der Waals surface area (Å²) in [5.74, 6) is -2.42. The van der Waals surface area contributed by atoms with Gasteiger partial charge in [0.2, 0.25) is 0 Å². The second kappa shape index (κ2) is 5.53. The van der Waals surface area contributed by atoms with Gasteiger partial charge in [-0.3, -0.25) is 10.1 Å². The lowest BCUT2D eigenvalue weighted by Gasteiger charge is -2.22. The van der Waals surface area contributed by atoms with E-state index in [2.05, 4.69) is 0 Å². The van der Waals surface area contributed by atoms with Crippen molar-refractivity contribution in [1.82, 2.24) is 0 Å². The maximum atomic E-state index is 13.6. The number of hydrogen-bond donors (Lipinski definition) is 1. The number of aliphatic hydroxyl groups is 1. The first kappa shape index (κ1) is 13.3. The molecule has 0 aliphatic carbocycles. The predicted octanol–water partition coefficient (Wildman–Crippen LogP) is 1.69. The van der Waals surface area contributed by atoms with Gasteiger partial charge in [-0.05, 0) is 13.0 Å². The van der Waals surface area contributed by atoms with Crippen molar-refractivity contribution in [3.63, 3.8) is 0 Å². The molecule has 5 nitrogen and oxygen atoms in total. The molecule has 1 rings (SSSR count). The fraction of sp³-hybridized carbons (Fsp3) is 0.400. The Balaban J connectivity index is 3.35. The lowest BCUT2D eigenvalue weighted by Crippen LogP contribution is -2.28. The van der Waals surface area contributed by atoms with Gasteiger partial charge >= 0.3 is 0 Å². The van der Waals surface area contributed by atoms with Gasteiger partial charge in [-0.2, -0.15) is 0 Å². The van der Waals surface area contributed by atoms with Crippen LogP contribution in [0.1, 0.15) is 6.92 Å². The van der Waals surface area contributed by atoms with Crippen molar-refractivity contribution in [1.29, 1.82) is 0 Å². The number of anilines is 1. The molecule has 0 fully saturated rings. The highest BCUT2D eigenvalue weighted by atomic mass is 19.2. The van der Waals surface area contributed by atoms with Crippen LogP contribution in [-0.2, 0) is 0 Å². The summed E-state index contributed by atoms with van der Waals surface area (Å²) < 4.78 is 26.7. The van der Waals surface area contributed by atoms with Crippen LogP contribution in [0.25, 0.3) is 0 Å². The van der Waals surface area contributed by atoms with Crippen LogP contribution >= 0.6 is 0 Å². The summed E-state index contributed by atoms with van der Waals surface area (Å²) in [4.78, 5) is 11.2. The van der Waals surface area contributed by atoms with E-state index in [0.29, 0.717) is 6.07 Å². The zero-order valence-electron chi connectivity index (χ0n) is 9.19. The highest BCUT2D eigenvalue weighted by Crippen LogP contribution is 2.32. The van der Waals surface area contributed by atoms with Crippen molar-refractivity contribution < 1.29 is 18.8 Å². The van der Waals surface area contributed by atoms with E-state index in [1.807, 2.05) is 0 Å². The number of nitrogens with zero attached hydrogens (tertiary/aromatic N) is 2. The molecule has 0 unspecified atom stereocenters. The Morgan fingerprint density at radius 1 is 1.47 bits per heavy atom. The van der Waals surface area contributed by atoms with Gasteiger partial charge in [-0.25, -0.2) is 8.78 Å². The first-order valence-electron chi connectivity index (χ1n) is 5.01. The molecule has 1 aromatic rings. The van der Waals surface area contributed by atoms with E-state index in [4.69, 9.17) is 5.11 Å². The fourth-order valence-electron chi connectivity index (χ4n) is 1.53. The second-order valence-corrected chi connectivity index (χ2v) is 3.29. The van der Waals surface area contributed by atoms with Crippen molar-refractivity contribution in [2.75, 3.05) is 24.6 Å². The fourth-order valence-corrected chi connectivity index (χ4v) is 1.53. The molecule has 0 atom stereocenters. The summed E-state index contributed by atoms with van der Waals surface area (Å²) >= 11 is 0. The lowest BCUT2D eigenvalue weighted by atomic mass is 10.2. The third-order valence-electron chi connectivity index (χ3n) is 2.31. The van der Waals surface area contributed by atoms with Crippen molar-refractivity contribution in [2.45, 2.75) is 6.92 Å². The van der Waals surface area contributed by atoms with E-state index < -0.39 is 27.9 Å². The number of aliphatic hydroxyl groups excluding tert-OH is 1. The molecule has 1 N–H and O–H groups in total. The zero-order valence-corrected chi connectivity index (χ0v) is 9.19. The molecule has 17 heavy (non-hydrogen) atoms. The molecule has 0 aliphatic heterocycles. The molecule has 0 heterocycles. The molecule has 7 heteroatoms. The molecule has 0 spiro atoms. The van der Waals surface area contributed by atoms with E-state index in [1.54, 1.807) is 6.92 Å². The Hall–Kier alpha value is -1.76. The molecule has 94 valence electrons. The summed E-state index contributed by atoms with van der Waals surface area (Å²) in [6.07, 6.45) is 0. The SMILES string of the molecule is CCN(CCO)c1c([N+](=O)[O-])ccc(F)c1F. The minimum atomic E-state index is -1.27. The first-order valence-corrected chi connectivity index (χ1v) is 5.01. The summed E-state index contributed by atoms with van der Waals surface area (Å²) in [6, 6.07) is 1.62. The van der Waals surface area contributed by atoms with Crippen LogP contribution in [0.2, 0.25) is 0 Å². The molecule has 0 saturated heterocycles. The van der Waals surface area contributed by atoms with Crippen LogP contribution in [0, 0.1) is 21.7 Å². The smallest absolute Gasteiger partial charge is 0.295 e. The minimum Gasteiger partial charge on any atom is -0.395 e. The monoisotopic (exact) mass is 246 g/mol. The maximum Gasteiger partial charge on any atom is 0.295 e. The van der Waals surface area contributed by atoms with Crippen LogP contribution < -0.4 is 4.90 Å². The number of benzene rings is 1. The standard InChI is InChI=1S/C10H12F2N2O3/c1-2-13(5-6-15)10-8(14(16)17)4-3-7(11)9(10)12/h3-4,15H,2,5-6H2,1H3. The van der Waals surface area contributed by atoms with Gasteiger partial charge in [-0.1, -0.05) is 0 Å². The Labute approximate surface area is 96.4 Å². The van der Waals surface area contributed by atoms with E-state index in [-0.39, 0.29) is 19.7 Å². The molecule has 0 aromatic heterocycles. The van der Waals surface area contributed by atoms with Gasteiger partial charge in [-0.15, -0.1) is 0 Å². The van der Waals surface area contributed by atoms with Crippen LogP contribution in [-0.4, -0.2) is 29.7 Å². The Bertz CT molecular complexity index is 426. The van der Waals surface area contributed by atoms with Gasteiger partial charge < -0.3 is 10.0 Å². The number of nitro benzene ring substituents is 1. The highest BCUT2D eigenvalue weighted by molar-refractivity contribution is 5.64. The summed E-state index contributed by atoms with van der Waals surface area (Å²) in [5, 5.41) is 19.5. The highest BCUT2D eigenvalue weighted by Gasteiger charge is 2.25. The Morgan fingerprint density at radius 3 is 2.59 bits per heavy atom. The van der Waals surface area contributed by atoms with Crippen molar-refractivity contribution >= 4 is 11.4 Å². The van der Waals surface area contributed by atoms with Crippen molar-refractivity contribution in [3.8, 4) is 0 Å². The molecular weight excluding hydrogens is 234 g/mol. The van der Waals surface area contributed by atoms with Crippen molar-refractivity contribution in [2.24, 2.45) is 0 Å². The minimum absolute atomic E-state index is 0.00227. The van der Waals surface area contributed by atoms with E-state index in [0.717, 1.165) is 6.07 Å². The molecule has 0 aliphatic rings. The van der Waals surface area contributed by atoms with Gasteiger partial charge in [0.25, 0.3) is 5.69 Å². The molecule has 0 bridgehead atoms. The molecular formula is C10H12F2N2O3. The molecule has 0 saturated carbocycles. The summed E-state index contributed by atoms with van der Waals surface area (Å²) in [5.41, 5.74) is -0.939. The summed E-state index contributed by atoms with van der Waals surface area (Å²) in [7, 11) is 0. The largest absolute Gasteiger partial charge is 0.395 e. The topological polar surface area (TPSA) is 66.6 Å². The normalized spacial score (nSPS) is 10.4. The van der Waals surface area contributed by atoms with Gasteiger partial charge in [0, 0.05) is 19.2 Å². The van der Waals surface area contributed by atoms with Gasteiger partial charge in [0.15, 0.2) is 17.3 Å². The number of halogens is 2. The number of hydrogen-bond acceptors (Lipinski definition) is 4. The quantitative estimate of drug-likeness (QED) is 0.634. The Kier molecular flexibility index (Phi) is 4.33. The van der Waals surface area contributed by atoms with E-state index in [1.165, 1.54) is 4.90 Å². The van der Waals surface area contributed by atoms with Crippen molar-refractivity contribution in [3.05, 3.63) is 33.9 Å². The number of nitro groups is 1. The maximum absolute atomic E-state index is 13.6. The summed E-state index contributed by atoms with van der Waals surface area (Å²) in [6.45, 7) is 1.55. The average Bonchev–Trinajstić information content (AvgIpc) is 2.29. The zero-order chi connectivity index (χ0) is 13.0. The molecule has 0 radical (unpaired) electrons.